The number of hydrogen-bond acceptors (Lipinski definition) is 2. The van der Waals surface area contributed by atoms with Crippen LogP contribution in [0.3, 0.4) is 0 Å². The van der Waals surface area contributed by atoms with E-state index < -0.39 is 0 Å². The maximum absolute atomic E-state index is 13.9. The van der Waals surface area contributed by atoms with Crippen LogP contribution in [-0.2, 0) is 0 Å². The van der Waals surface area contributed by atoms with Gasteiger partial charge in [-0.1, -0.05) is 6.07 Å². The minimum Gasteiger partial charge on any atom is -0.494 e. The van der Waals surface area contributed by atoms with Crippen LogP contribution in [0.25, 0.3) is 16.7 Å². The number of hydrogen-bond donors (Lipinski definition) is 1. The summed E-state index contributed by atoms with van der Waals surface area (Å²) in [7, 11) is 1.60. The number of rotatable bonds is 2. The predicted molar refractivity (Wildman–Crippen MR) is 87.4 cm³/mol. The number of para-hydroxylation sites is 1. The smallest absolute Gasteiger partial charge is 0.182 e. The van der Waals surface area contributed by atoms with E-state index in [2.05, 4.69) is 20.9 Å². The fraction of sp³-hybridized carbons (Fsp3) is 0.133. The van der Waals surface area contributed by atoms with Crippen LogP contribution in [0, 0.1) is 17.5 Å². The molecule has 1 aromatic heterocycles. The molecule has 0 fully saturated rings. The van der Waals surface area contributed by atoms with Gasteiger partial charge in [0.2, 0.25) is 0 Å². The summed E-state index contributed by atoms with van der Waals surface area (Å²) < 4.78 is 22.0. The van der Waals surface area contributed by atoms with Gasteiger partial charge in [-0.05, 0) is 64.9 Å². The average Bonchev–Trinajstić information content (AvgIpc) is 2.79. The molecule has 0 aliphatic carbocycles. The van der Waals surface area contributed by atoms with Crippen molar-refractivity contribution in [1.82, 2.24) is 9.55 Å². The Bertz CT molecular complexity index is 901. The molecule has 0 aliphatic rings. The highest BCUT2D eigenvalue weighted by atomic mass is 79.9. The van der Waals surface area contributed by atoms with E-state index in [4.69, 9.17) is 17.0 Å². The maximum Gasteiger partial charge on any atom is 0.182 e. The third-order valence-electron chi connectivity index (χ3n) is 3.38. The van der Waals surface area contributed by atoms with Crippen molar-refractivity contribution >= 4 is 39.2 Å². The van der Waals surface area contributed by atoms with E-state index in [0.717, 1.165) is 16.6 Å². The molecule has 6 heteroatoms. The van der Waals surface area contributed by atoms with Gasteiger partial charge in [0.15, 0.2) is 4.77 Å². The number of imidazole rings is 1. The fourth-order valence-electron chi connectivity index (χ4n) is 2.39. The molecule has 0 amide bonds. The highest BCUT2D eigenvalue weighted by molar-refractivity contribution is 9.10. The summed E-state index contributed by atoms with van der Waals surface area (Å²) in [5, 5.41) is 0. The van der Waals surface area contributed by atoms with E-state index in [1.165, 1.54) is 6.07 Å². The number of benzene rings is 2. The number of aromatic amines is 1. The molecule has 21 heavy (non-hydrogen) atoms. The van der Waals surface area contributed by atoms with Gasteiger partial charge >= 0.3 is 0 Å². The third kappa shape index (κ3) is 2.28. The number of methoxy groups -OCH3 is 1. The number of aryl methyl sites for hydroxylation is 1. The van der Waals surface area contributed by atoms with Gasteiger partial charge in [0.1, 0.15) is 17.1 Å². The molecule has 0 unspecified atom stereocenters. The molecule has 0 saturated carbocycles. The van der Waals surface area contributed by atoms with Gasteiger partial charge < -0.3 is 9.72 Å². The minimum absolute atomic E-state index is 0.324. The zero-order valence-corrected chi connectivity index (χ0v) is 13.8. The Morgan fingerprint density at radius 2 is 2.10 bits per heavy atom. The highest BCUT2D eigenvalue weighted by Crippen LogP contribution is 2.30. The van der Waals surface area contributed by atoms with E-state index >= 15 is 0 Å². The van der Waals surface area contributed by atoms with Gasteiger partial charge in [0.25, 0.3) is 0 Å². The molecule has 0 saturated heterocycles. The number of aromatic nitrogens is 2. The number of ether oxygens (including phenoxy) is 1. The summed E-state index contributed by atoms with van der Waals surface area (Å²) in [6.07, 6.45) is 0. The standard InChI is InChI=1S/C15H12BrFN2OS/c1-8-6-9(16)10(17)7-12(8)19-11-4-3-5-13(20-2)14(11)18-15(19)21/h3-7H,1-2H3,(H,18,21). The number of nitrogens with one attached hydrogen (secondary N) is 1. The van der Waals surface area contributed by atoms with E-state index in [9.17, 15) is 4.39 Å². The molecule has 3 nitrogen and oxygen atoms in total. The Balaban J connectivity index is 2.39. The van der Waals surface area contributed by atoms with Crippen molar-refractivity contribution in [2.24, 2.45) is 0 Å². The Hall–Kier alpha value is -1.66. The molecule has 0 aliphatic heterocycles. The average molecular weight is 367 g/mol. The second-order valence-corrected chi connectivity index (χ2v) is 5.91. The first-order chi connectivity index (χ1) is 10.0. The topological polar surface area (TPSA) is 29.9 Å². The summed E-state index contributed by atoms with van der Waals surface area (Å²) in [5.41, 5.74) is 3.28. The lowest BCUT2D eigenvalue weighted by molar-refractivity contribution is 0.419. The second-order valence-electron chi connectivity index (χ2n) is 4.67. The van der Waals surface area contributed by atoms with Crippen LogP contribution in [0.2, 0.25) is 0 Å². The van der Waals surface area contributed by atoms with Crippen molar-refractivity contribution in [2.45, 2.75) is 6.92 Å². The molecule has 0 radical (unpaired) electrons. The normalized spacial score (nSPS) is 11.0. The lowest BCUT2D eigenvalue weighted by Gasteiger charge is -2.10. The fourth-order valence-corrected chi connectivity index (χ4v) is 3.15. The van der Waals surface area contributed by atoms with Crippen LogP contribution in [0.1, 0.15) is 5.56 Å². The second kappa shape index (κ2) is 5.27. The van der Waals surface area contributed by atoms with Gasteiger partial charge in [-0.2, -0.15) is 0 Å². The van der Waals surface area contributed by atoms with Gasteiger partial charge in [0, 0.05) is 0 Å². The van der Waals surface area contributed by atoms with Crippen LogP contribution in [0.5, 0.6) is 5.75 Å². The maximum atomic E-state index is 13.9. The van der Waals surface area contributed by atoms with Crippen LogP contribution in [-0.4, -0.2) is 16.7 Å². The molecule has 2 aromatic carbocycles. The molecule has 3 aromatic rings. The van der Waals surface area contributed by atoms with Crippen molar-refractivity contribution in [1.29, 1.82) is 0 Å². The molecule has 1 N–H and O–H groups in total. The predicted octanol–water partition coefficient (Wildman–Crippen LogP) is 4.91. The summed E-state index contributed by atoms with van der Waals surface area (Å²) in [4.78, 5) is 3.12. The SMILES string of the molecule is COc1cccc2c1[nH]c(=S)n2-c1cc(F)c(Br)cc1C. The molecule has 3 rings (SSSR count). The van der Waals surface area contributed by atoms with Crippen molar-refractivity contribution < 1.29 is 9.13 Å². The number of halogens is 2. The zero-order valence-electron chi connectivity index (χ0n) is 11.4. The van der Waals surface area contributed by atoms with Gasteiger partial charge in [-0.3, -0.25) is 4.57 Å². The van der Waals surface area contributed by atoms with Crippen LogP contribution < -0.4 is 4.74 Å². The number of fused-ring (bicyclic) bond motifs is 1. The molecule has 0 atom stereocenters. The number of nitrogens with zero attached hydrogens (tertiary/aromatic N) is 1. The first-order valence-corrected chi connectivity index (χ1v) is 7.47. The zero-order chi connectivity index (χ0) is 15.1. The molecule has 0 spiro atoms. The lowest BCUT2D eigenvalue weighted by Crippen LogP contribution is -1.98. The highest BCUT2D eigenvalue weighted by Gasteiger charge is 2.13. The van der Waals surface area contributed by atoms with Crippen molar-refractivity contribution in [2.75, 3.05) is 7.11 Å². The van der Waals surface area contributed by atoms with E-state index in [0.29, 0.717) is 20.7 Å². The van der Waals surface area contributed by atoms with Crippen molar-refractivity contribution in [3.8, 4) is 11.4 Å². The van der Waals surface area contributed by atoms with Crippen LogP contribution in [0.4, 0.5) is 4.39 Å². The van der Waals surface area contributed by atoms with Crippen LogP contribution >= 0.6 is 28.1 Å². The quantitative estimate of drug-likeness (QED) is 0.653. The lowest BCUT2D eigenvalue weighted by atomic mass is 10.2. The third-order valence-corrected chi connectivity index (χ3v) is 4.27. The molecule has 0 bridgehead atoms. The summed E-state index contributed by atoms with van der Waals surface area (Å²) in [6.45, 7) is 1.92. The Labute approximate surface area is 134 Å². The number of H-pyrrole nitrogens is 1. The Kier molecular flexibility index (Phi) is 3.59. The summed E-state index contributed by atoms with van der Waals surface area (Å²) in [5.74, 6) is 0.377. The summed E-state index contributed by atoms with van der Waals surface area (Å²) in [6, 6.07) is 8.87. The summed E-state index contributed by atoms with van der Waals surface area (Å²) >= 11 is 8.59. The Morgan fingerprint density at radius 3 is 2.81 bits per heavy atom. The Morgan fingerprint density at radius 1 is 1.33 bits per heavy atom. The first kappa shape index (κ1) is 14.3. The first-order valence-electron chi connectivity index (χ1n) is 6.26. The van der Waals surface area contributed by atoms with Gasteiger partial charge in [-0.25, -0.2) is 4.39 Å². The van der Waals surface area contributed by atoms with Crippen molar-refractivity contribution in [3.05, 3.63) is 51.0 Å². The van der Waals surface area contributed by atoms with Crippen molar-refractivity contribution in [3.63, 3.8) is 0 Å². The molecular weight excluding hydrogens is 355 g/mol. The molecule has 108 valence electrons. The van der Waals surface area contributed by atoms with E-state index in [1.54, 1.807) is 13.2 Å². The largest absolute Gasteiger partial charge is 0.494 e. The van der Waals surface area contributed by atoms with E-state index in [-0.39, 0.29) is 5.82 Å². The van der Waals surface area contributed by atoms with Gasteiger partial charge in [0.05, 0.1) is 22.8 Å². The monoisotopic (exact) mass is 366 g/mol. The van der Waals surface area contributed by atoms with E-state index in [1.807, 2.05) is 29.7 Å². The van der Waals surface area contributed by atoms with Crippen LogP contribution in [0.15, 0.2) is 34.8 Å². The molecule has 1 heterocycles. The molecular formula is C15H12BrFN2OS. The minimum atomic E-state index is -0.324. The van der Waals surface area contributed by atoms with Gasteiger partial charge in [-0.15, -0.1) is 0 Å².